The van der Waals surface area contributed by atoms with Crippen LogP contribution in [-0.4, -0.2) is 50.7 Å². The van der Waals surface area contributed by atoms with Gasteiger partial charge in [-0.3, -0.25) is 9.59 Å². The highest BCUT2D eigenvalue weighted by molar-refractivity contribution is 7.89. The molecule has 2 atom stereocenters. The molecule has 2 saturated carbocycles. The van der Waals surface area contributed by atoms with Crippen LogP contribution in [-0.2, 0) is 19.6 Å². The molecule has 0 aromatic rings. The Morgan fingerprint density at radius 2 is 1.73 bits per heavy atom. The standard InChI is InChI=1S/C17H32N4O4S/c1-11(2)20-16(23)10-19-26(24,25)7-6-15(22)21-17-12-4-3-5-13(17)9-14(18)8-12/h11-14,17,19H,3-10,18H2,1-2H3,(H,20,23)(H,21,22). The van der Waals surface area contributed by atoms with Crippen LogP contribution in [0.3, 0.4) is 0 Å². The third-order valence-corrected chi connectivity index (χ3v) is 6.53. The maximum atomic E-state index is 12.2. The first kappa shape index (κ1) is 21.1. The second-order valence-electron chi connectivity index (χ2n) is 7.89. The summed E-state index contributed by atoms with van der Waals surface area (Å²) < 4.78 is 26.2. The van der Waals surface area contributed by atoms with E-state index >= 15 is 0 Å². The average molecular weight is 389 g/mol. The van der Waals surface area contributed by atoms with Gasteiger partial charge in [0.1, 0.15) is 0 Å². The minimum Gasteiger partial charge on any atom is -0.353 e. The van der Waals surface area contributed by atoms with Crippen LogP contribution in [0, 0.1) is 11.8 Å². The van der Waals surface area contributed by atoms with Crippen LogP contribution >= 0.6 is 0 Å². The summed E-state index contributed by atoms with van der Waals surface area (Å²) in [4.78, 5) is 23.8. The van der Waals surface area contributed by atoms with Gasteiger partial charge in [0.25, 0.3) is 0 Å². The van der Waals surface area contributed by atoms with Crippen LogP contribution in [0.15, 0.2) is 0 Å². The van der Waals surface area contributed by atoms with Crippen molar-refractivity contribution in [2.75, 3.05) is 12.3 Å². The van der Waals surface area contributed by atoms with Crippen LogP contribution < -0.4 is 21.1 Å². The Kier molecular flexibility index (Phi) is 7.42. The second-order valence-corrected chi connectivity index (χ2v) is 9.81. The number of hydrogen-bond donors (Lipinski definition) is 4. The summed E-state index contributed by atoms with van der Waals surface area (Å²) >= 11 is 0. The zero-order valence-electron chi connectivity index (χ0n) is 15.7. The largest absolute Gasteiger partial charge is 0.353 e. The number of carbonyl (C=O) groups is 2. The molecule has 0 aromatic carbocycles. The second kappa shape index (κ2) is 9.14. The van der Waals surface area contributed by atoms with Gasteiger partial charge in [0.05, 0.1) is 12.3 Å². The van der Waals surface area contributed by atoms with Gasteiger partial charge in [-0.15, -0.1) is 0 Å². The summed E-state index contributed by atoms with van der Waals surface area (Å²) in [6.45, 7) is 3.28. The van der Waals surface area contributed by atoms with Crippen LogP contribution in [0.4, 0.5) is 0 Å². The molecular formula is C17H32N4O4S. The smallest absolute Gasteiger partial charge is 0.235 e. The van der Waals surface area contributed by atoms with Crippen molar-refractivity contribution in [1.29, 1.82) is 0 Å². The molecule has 2 aliphatic carbocycles. The van der Waals surface area contributed by atoms with Gasteiger partial charge in [-0.1, -0.05) is 6.42 Å². The van der Waals surface area contributed by atoms with Crippen LogP contribution in [0.1, 0.15) is 52.4 Å². The molecule has 9 heteroatoms. The van der Waals surface area contributed by atoms with Crippen LogP contribution in [0.5, 0.6) is 0 Å². The van der Waals surface area contributed by atoms with E-state index in [0.717, 1.165) is 25.7 Å². The van der Waals surface area contributed by atoms with E-state index in [1.54, 1.807) is 13.8 Å². The third-order valence-electron chi connectivity index (χ3n) is 5.20. The first-order valence-electron chi connectivity index (χ1n) is 9.48. The molecular weight excluding hydrogens is 356 g/mol. The van der Waals surface area contributed by atoms with Crippen molar-refractivity contribution in [3.05, 3.63) is 0 Å². The van der Waals surface area contributed by atoms with Gasteiger partial charge >= 0.3 is 0 Å². The highest BCUT2D eigenvalue weighted by atomic mass is 32.2. The minimum absolute atomic E-state index is 0.0548. The van der Waals surface area contributed by atoms with E-state index in [4.69, 9.17) is 5.73 Å². The average Bonchev–Trinajstić information content (AvgIpc) is 2.52. The molecule has 2 unspecified atom stereocenters. The van der Waals surface area contributed by atoms with Crippen molar-refractivity contribution in [2.24, 2.45) is 17.6 Å². The van der Waals surface area contributed by atoms with Gasteiger partial charge in [0.2, 0.25) is 21.8 Å². The lowest BCUT2D eigenvalue weighted by atomic mass is 9.67. The molecule has 0 saturated heterocycles. The molecule has 0 aliphatic heterocycles. The van der Waals surface area contributed by atoms with Gasteiger partial charge in [-0.2, -0.15) is 0 Å². The van der Waals surface area contributed by atoms with Gasteiger partial charge in [0, 0.05) is 24.5 Å². The van der Waals surface area contributed by atoms with Crippen LogP contribution in [0.25, 0.3) is 0 Å². The van der Waals surface area contributed by atoms with E-state index in [2.05, 4.69) is 15.4 Å². The number of rotatable bonds is 8. The highest BCUT2D eigenvalue weighted by Crippen LogP contribution is 2.39. The Labute approximate surface area is 156 Å². The van der Waals surface area contributed by atoms with Crippen molar-refractivity contribution in [1.82, 2.24) is 15.4 Å². The maximum absolute atomic E-state index is 12.2. The molecule has 2 aliphatic rings. The summed E-state index contributed by atoms with van der Waals surface area (Å²) in [6, 6.07) is 0.268. The molecule has 2 fully saturated rings. The SMILES string of the molecule is CC(C)NC(=O)CNS(=O)(=O)CCC(=O)NC1C2CCCC1CC(N)C2. The number of carbonyl (C=O) groups excluding carboxylic acids is 2. The van der Waals surface area contributed by atoms with E-state index in [0.29, 0.717) is 11.8 Å². The van der Waals surface area contributed by atoms with E-state index in [-0.39, 0.29) is 48.7 Å². The monoisotopic (exact) mass is 388 g/mol. The predicted octanol–water partition coefficient (Wildman–Crippen LogP) is -0.157. The van der Waals surface area contributed by atoms with Crippen molar-refractivity contribution < 1.29 is 18.0 Å². The summed E-state index contributed by atoms with van der Waals surface area (Å²) in [5, 5.41) is 5.64. The van der Waals surface area contributed by atoms with Crippen molar-refractivity contribution in [3.63, 3.8) is 0 Å². The number of nitrogens with one attached hydrogen (secondary N) is 3. The summed E-state index contributed by atoms with van der Waals surface area (Å²) in [5.74, 6) is -0.166. The Balaban J connectivity index is 1.76. The minimum atomic E-state index is -3.67. The Bertz CT molecular complexity index is 594. The number of fused-ring (bicyclic) bond motifs is 2. The van der Waals surface area contributed by atoms with Crippen molar-refractivity contribution >= 4 is 21.8 Å². The zero-order chi connectivity index (χ0) is 19.3. The fourth-order valence-corrected chi connectivity index (χ4v) is 5.08. The molecule has 0 aromatic heterocycles. The molecule has 8 nitrogen and oxygen atoms in total. The Morgan fingerprint density at radius 1 is 1.12 bits per heavy atom. The lowest BCUT2D eigenvalue weighted by Crippen LogP contribution is -2.54. The first-order chi connectivity index (χ1) is 12.2. The first-order valence-corrected chi connectivity index (χ1v) is 11.1. The van der Waals surface area contributed by atoms with E-state index in [1.165, 1.54) is 6.42 Å². The molecule has 2 amide bonds. The van der Waals surface area contributed by atoms with Crippen molar-refractivity contribution in [2.45, 2.75) is 70.5 Å². The van der Waals surface area contributed by atoms with Gasteiger partial charge in [-0.25, -0.2) is 13.1 Å². The normalized spacial score (nSPS) is 28.6. The number of nitrogens with two attached hydrogens (primary N) is 1. The molecule has 26 heavy (non-hydrogen) atoms. The summed E-state index contributed by atoms with van der Waals surface area (Å²) in [5.41, 5.74) is 6.09. The number of sulfonamides is 1. The number of amides is 2. The van der Waals surface area contributed by atoms with E-state index < -0.39 is 10.0 Å². The highest BCUT2D eigenvalue weighted by Gasteiger charge is 2.39. The molecule has 150 valence electrons. The Hall–Kier alpha value is -1.19. The molecule has 2 rings (SSSR count). The van der Waals surface area contributed by atoms with Gasteiger partial charge in [-0.05, 0) is 51.4 Å². The third kappa shape index (κ3) is 6.51. The molecule has 0 radical (unpaired) electrons. The van der Waals surface area contributed by atoms with Gasteiger partial charge < -0.3 is 16.4 Å². The fraction of sp³-hybridized carbons (Fsp3) is 0.882. The maximum Gasteiger partial charge on any atom is 0.235 e. The quantitative estimate of drug-likeness (QED) is 0.459. The lowest BCUT2D eigenvalue weighted by molar-refractivity contribution is -0.123. The van der Waals surface area contributed by atoms with Gasteiger partial charge in [0.15, 0.2) is 0 Å². The van der Waals surface area contributed by atoms with Crippen molar-refractivity contribution in [3.8, 4) is 0 Å². The molecule has 0 spiro atoms. The van der Waals surface area contributed by atoms with Crippen LogP contribution in [0.2, 0.25) is 0 Å². The molecule has 0 heterocycles. The fourth-order valence-electron chi connectivity index (χ4n) is 4.13. The summed E-state index contributed by atoms with van der Waals surface area (Å²) in [7, 11) is -3.67. The number of hydrogen-bond acceptors (Lipinski definition) is 5. The predicted molar refractivity (Wildman–Crippen MR) is 99.7 cm³/mol. The zero-order valence-corrected chi connectivity index (χ0v) is 16.5. The van der Waals surface area contributed by atoms with E-state index in [1.807, 2.05) is 0 Å². The molecule has 5 N–H and O–H groups in total. The Morgan fingerprint density at radius 3 is 2.31 bits per heavy atom. The lowest BCUT2D eigenvalue weighted by Gasteiger charge is -2.45. The molecule has 2 bridgehead atoms. The van der Waals surface area contributed by atoms with E-state index in [9.17, 15) is 18.0 Å². The summed E-state index contributed by atoms with van der Waals surface area (Å²) in [6.07, 6.45) is 5.05. The topological polar surface area (TPSA) is 130 Å².